The van der Waals surface area contributed by atoms with Crippen molar-refractivity contribution in [3.63, 3.8) is 0 Å². The molecule has 8 nitrogen and oxygen atoms in total. The Bertz CT molecular complexity index is 1230. The van der Waals surface area contributed by atoms with Crippen LogP contribution in [0.15, 0.2) is 53.4 Å². The number of aryl methyl sites for hydroxylation is 2. The van der Waals surface area contributed by atoms with Crippen LogP contribution in [-0.4, -0.2) is 30.8 Å². The number of ether oxygens (including phenoxy) is 1. The molecule has 3 aromatic rings. The number of rotatable bonds is 6. The van der Waals surface area contributed by atoms with Crippen molar-refractivity contribution in [2.75, 3.05) is 4.72 Å². The number of anilines is 1. The highest BCUT2D eigenvalue weighted by Crippen LogP contribution is 2.42. The SMILES string of the molecule is Cc1ccc(S(=O)(=O)Nc2cc(-c3ccc(C(=O)O)cc3)sc2OC(=O)O)c(C)c1. The van der Waals surface area contributed by atoms with E-state index in [1.54, 1.807) is 31.2 Å². The second kappa shape index (κ2) is 8.17. The smallest absolute Gasteiger partial charge is 0.478 e. The summed E-state index contributed by atoms with van der Waals surface area (Å²) >= 11 is 0.920. The maximum absolute atomic E-state index is 12.9. The van der Waals surface area contributed by atoms with Crippen LogP contribution in [-0.2, 0) is 10.0 Å². The summed E-state index contributed by atoms with van der Waals surface area (Å²) in [7, 11) is -4.00. The number of benzene rings is 2. The summed E-state index contributed by atoms with van der Waals surface area (Å²) < 4.78 is 32.9. The first kappa shape index (κ1) is 21.3. The lowest BCUT2D eigenvalue weighted by Crippen LogP contribution is -2.15. The van der Waals surface area contributed by atoms with Gasteiger partial charge in [0.05, 0.1) is 10.5 Å². The van der Waals surface area contributed by atoms with Crippen LogP contribution in [0.2, 0.25) is 0 Å². The van der Waals surface area contributed by atoms with Crippen LogP contribution in [0.3, 0.4) is 0 Å². The fourth-order valence-electron chi connectivity index (χ4n) is 2.82. The Morgan fingerprint density at radius 2 is 1.67 bits per heavy atom. The van der Waals surface area contributed by atoms with Crippen molar-refractivity contribution in [2.45, 2.75) is 18.7 Å². The molecule has 3 N–H and O–H groups in total. The molecule has 10 heteroatoms. The molecule has 0 aliphatic rings. The van der Waals surface area contributed by atoms with Crippen LogP contribution in [0, 0.1) is 13.8 Å². The molecule has 0 radical (unpaired) electrons. The molecule has 1 aromatic heterocycles. The summed E-state index contributed by atoms with van der Waals surface area (Å²) in [6, 6.07) is 12.2. The van der Waals surface area contributed by atoms with Crippen LogP contribution in [0.4, 0.5) is 10.5 Å². The molecule has 3 rings (SSSR count). The molecular weight excluding hydrogens is 430 g/mol. The minimum Gasteiger partial charge on any atom is -0.478 e. The number of hydrogen-bond acceptors (Lipinski definition) is 6. The summed E-state index contributed by atoms with van der Waals surface area (Å²) in [6.07, 6.45) is -1.59. The van der Waals surface area contributed by atoms with Gasteiger partial charge in [0, 0.05) is 4.88 Å². The number of sulfonamides is 1. The Morgan fingerprint density at radius 1 is 1.00 bits per heavy atom. The molecule has 156 valence electrons. The molecule has 30 heavy (non-hydrogen) atoms. The molecule has 0 fully saturated rings. The summed E-state index contributed by atoms with van der Waals surface area (Å²) in [5.74, 6) is -1.08. The second-order valence-corrected chi connectivity index (χ2v) is 9.10. The third kappa shape index (κ3) is 4.61. The van der Waals surface area contributed by atoms with Gasteiger partial charge >= 0.3 is 12.1 Å². The number of carboxylic acid groups (broad SMARTS) is 2. The Labute approximate surface area is 176 Å². The zero-order valence-electron chi connectivity index (χ0n) is 15.9. The fraction of sp³-hybridized carbons (Fsp3) is 0.100. The maximum Gasteiger partial charge on any atom is 0.512 e. The van der Waals surface area contributed by atoms with E-state index in [9.17, 15) is 18.0 Å². The number of carboxylic acids is 1. The van der Waals surface area contributed by atoms with Gasteiger partial charge in [-0.2, -0.15) is 0 Å². The summed E-state index contributed by atoms with van der Waals surface area (Å²) in [5.41, 5.74) is 2.09. The minimum atomic E-state index is -4.00. The second-order valence-electron chi connectivity index (χ2n) is 6.44. The van der Waals surface area contributed by atoms with Gasteiger partial charge in [-0.3, -0.25) is 4.72 Å². The van der Waals surface area contributed by atoms with Gasteiger partial charge in [0.1, 0.15) is 5.69 Å². The molecule has 0 saturated heterocycles. The molecule has 0 amide bonds. The summed E-state index contributed by atoms with van der Waals surface area (Å²) in [4.78, 5) is 22.6. The topological polar surface area (TPSA) is 130 Å². The summed E-state index contributed by atoms with van der Waals surface area (Å²) in [6.45, 7) is 3.51. The zero-order valence-corrected chi connectivity index (χ0v) is 17.5. The maximum atomic E-state index is 12.9. The van der Waals surface area contributed by atoms with E-state index >= 15 is 0 Å². The van der Waals surface area contributed by atoms with Crippen LogP contribution < -0.4 is 9.46 Å². The van der Waals surface area contributed by atoms with Crippen molar-refractivity contribution in [3.8, 4) is 15.5 Å². The van der Waals surface area contributed by atoms with E-state index in [1.165, 1.54) is 24.3 Å². The van der Waals surface area contributed by atoms with Gasteiger partial charge in [0.2, 0.25) is 5.06 Å². The fourth-order valence-corrected chi connectivity index (χ4v) is 5.13. The van der Waals surface area contributed by atoms with Crippen LogP contribution >= 0.6 is 11.3 Å². The Morgan fingerprint density at radius 3 is 2.23 bits per heavy atom. The largest absolute Gasteiger partial charge is 0.512 e. The van der Waals surface area contributed by atoms with E-state index in [2.05, 4.69) is 4.72 Å². The van der Waals surface area contributed by atoms with E-state index < -0.39 is 22.1 Å². The number of nitrogens with one attached hydrogen (secondary N) is 1. The van der Waals surface area contributed by atoms with E-state index in [-0.39, 0.29) is 21.2 Å². The average Bonchev–Trinajstić information content (AvgIpc) is 3.02. The Hall–Kier alpha value is -3.37. The Kier molecular flexibility index (Phi) is 5.81. The van der Waals surface area contributed by atoms with Gasteiger partial charge in [0.25, 0.3) is 10.0 Å². The standard InChI is InChI=1S/C20H17NO7S2/c1-11-3-8-17(12(2)9-11)30(26,27)21-15-10-16(29-19(15)28-20(24)25)13-4-6-14(7-5-13)18(22)23/h3-10,21H,1-2H3,(H,22,23)(H,24,25). The number of thiophene rings is 1. The third-order valence-electron chi connectivity index (χ3n) is 4.16. The van der Waals surface area contributed by atoms with Crippen molar-refractivity contribution in [1.82, 2.24) is 0 Å². The van der Waals surface area contributed by atoms with Crippen LogP contribution in [0.25, 0.3) is 10.4 Å². The van der Waals surface area contributed by atoms with Gasteiger partial charge in [0.15, 0.2) is 0 Å². The zero-order chi connectivity index (χ0) is 22.1. The lowest BCUT2D eigenvalue weighted by molar-refractivity contribution is 0.0696. The van der Waals surface area contributed by atoms with Crippen LogP contribution in [0.1, 0.15) is 21.5 Å². The predicted molar refractivity (Wildman–Crippen MR) is 112 cm³/mol. The Balaban J connectivity index is 2.00. The van der Waals surface area contributed by atoms with Crippen molar-refractivity contribution in [1.29, 1.82) is 0 Å². The number of hydrogen-bond donors (Lipinski definition) is 3. The van der Waals surface area contributed by atoms with Gasteiger partial charge in [-0.05, 0) is 49.2 Å². The first-order chi connectivity index (χ1) is 14.1. The highest BCUT2D eigenvalue weighted by Gasteiger charge is 2.22. The number of aromatic carboxylic acids is 1. The third-order valence-corrected chi connectivity index (χ3v) is 6.75. The van der Waals surface area contributed by atoms with Crippen LogP contribution in [0.5, 0.6) is 5.06 Å². The van der Waals surface area contributed by atoms with Crippen molar-refractivity contribution in [2.24, 2.45) is 0 Å². The quantitative estimate of drug-likeness (QED) is 0.471. The van der Waals surface area contributed by atoms with Gasteiger partial charge in [-0.25, -0.2) is 18.0 Å². The molecule has 0 aliphatic heterocycles. The van der Waals surface area contributed by atoms with E-state index in [0.29, 0.717) is 16.0 Å². The molecule has 1 heterocycles. The predicted octanol–water partition coefficient (Wildman–Crippen LogP) is 4.59. The lowest BCUT2D eigenvalue weighted by atomic mass is 10.1. The summed E-state index contributed by atoms with van der Waals surface area (Å²) in [5, 5.41) is 17.9. The van der Waals surface area contributed by atoms with E-state index in [4.69, 9.17) is 14.9 Å². The van der Waals surface area contributed by atoms with Crippen molar-refractivity contribution < 1.29 is 33.0 Å². The van der Waals surface area contributed by atoms with E-state index in [0.717, 1.165) is 16.9 Å². The molecular formula is C20H17NO7S2. The molecule has 0 bridgehead atoms. The highest BCUT2D eigenvalue weighted by molar-refractivity contribution is 7.92. The first-order valence-electron chi connectivity index (χ1n) is 8.55. The molecule has 0 unspecified atom stereocenters. The lowest BCUT2D eigenvalue weighted by Gasteiger charge is -2.10. The van der Waals surface area contributed by atoms with E-state index in [1.807, 2.05) is 6.92 Å². The monoisotopic (exact) mass is 447 g/mol. The van der Waals surface area contributed by atoms with Crippen molar-refractivity contribution >= 4 is 39.2 Å². The van der Waals surface area contributed by atoms with Gasteiger partial charge < -0.3 is 14.9 Å². The first-order valence-corrected chi connectivity index (χ1v) is 10.8. The van der Waals surface area contributed by atoms with Crippen molar-refractivity contribution in [3.05, 3.63) is 65.2 Å². The average molecular weight is 447 g/mol. The van der Waals surface area contributed by atoms with Gasteiger partial charge in [-0.1, -0.05) is 41.2 Å². The van der Waals surface area contributed by atoms with Gasteiger partial charge in [-0.15, -0.1) is 0 Å². The molecule has 2 aromatic carbocycles. The highest BCUT2D eigenvalue weighted by atomic mass is 32.2. The molecule has 0 spiro atoms. The minimum absolute atomic E-state index is 0.0281. The number of carbonyl (C=O) groups is 2. The normalized spacial score (nSPS) is 11.1. The molecule has 0 aliphatic carbocycles. The molecule has 0 saturated carbocycles. The molecule has 0 atom stereocenters.